The van der Waals surface area contributed by atoms with Gasteiger partial charge >= 0.3 is 0 Å². The van der Waals surface area contributed by atoms with E-state index in [4.69, 9.17) is 28.9 Å². The van der Waals surface area contributed by atoms with E-state index in [0.29, 0.717) is 5.56 Å². The van der Waals surface area contributed by atoms with Crippen LogP contribution in [0.25, 0.3) is 0 Å². The maximum absolute atomic E-state index is 12.3. The number of pyridine rings is 1. The first-order chi connectivity index (χ1) is 6.06. The quantitative estimate of drug-likeness (QED) is 0.788. The van der Waals surface area contributed by atoms with Crippen molar-refractivity contribution in [1.82, 2.24) is 4.98 Å². The number of hydrogen-bond acceptors (Lipinski definition) is 2. The van der Waals surface area contributed by atoms with Crippen molar-refractivity contribution in [3.05, 3.63) is 22.3 Å². The molecule has 0 fully saturated rings. The lowest BCUT2D eigenvalue weighted by Gasteiger charge is -2.07. The van der Waals surface area contributed by atoms with E-state index < -0.39 is 12.1 Å². The van der Waals surface area contributed by atoms with Crippen LogP contribution in [0.2, 0.25) is 5.02 Å². The first-order valence-corrected chi connectivity index (χ1v) is 4.26. The van der Waals surface area contributed by atoms with E-state index in [1.165, 1.54) is 6.07 Å². The summed E-state index contributed by atoms with van der Waals surface area (Å²) in [5.41, 5.74) is 5.13. The van der Waals surface area contributed by atoms with E-state index in [2.05, 4.69) is 4.98 Å². The Morgan fingerprint density at radius 1 is 1.54 bits per heavy atom. The van der Waals surface area contributed by atoms with Gasteiger partial charge in [0.15, 0.2) is 0 Å². The van der Waals surface area contributed by atoms with Crippen LogP contribution >= 0.6 is 23.2 Å². The standard InChI is InChI=1S/C7H6Cl2F2N2/c8-2-3-1-4(12)13-6(5(3)9)7(10)11/h1,7H,2H2,(H2,12,13). The molecule has 6 heteroatoms. The minimum Gasteiger partial charge on any atom is -0.384 e. The minimum atomic E-state index is -2.74. The summed E-state index contributed by atoms with van der Waals surface area (Å²) in [6, 6.07) is 1.38. The molecule has 0 spiro atoms. The van der Waals surface area contributed by atoms with E-state index in [1.54, 1.807) is 0 Å². The summed E-state index contributed by atoms with van der Waals surface area (Å²) in [4.78, 5) is 3.42. The van der Waals surface area contributed by atoms with Gasteiger partial charge in [-0.2, -0.15) is 0 Å². The number of rotatable bonds is 2. The predicted molar refractivity (Wildman–Crippen MR) is 48.2 cm³/mol. The predicted octanol–water partition coefficient (Wildman–Crippen LogP) is 2.99. The highest BCUT2D eigenvalue weighted by atomic mass is 35.5. The Morgan fingerprint density at radius 3 is 2.62 bits per heavy atom. The lowest BCUT2D eigenvalue weighted by Crippen LogP contribution is -2.00. The molecule has 1 rings (SSSR count). The molecule has 1 aromatic rings. The Balaban J connectivity index is 3.27. The molecule has 0 saturated heterocycles. The molecule has 2 nitrogen and oxygen atoms in total. The number of nitrogens with two attached hydrogens (primary N) is 1. The molecule has 0 aliphatic rings. The smallest absolute Gasteiger partial charge is 0.281 e. The third kappa shape index (κ3) is 2.19. The Bertz CT molecular complexity index is 318. The first-order valence-electron chi connectivity index (χ1n) is 3.35. The minimum absolute atomic E-state index is 0.00431. The second-order valence-electron chi connectivity index (χ2n) is 2.34. The number of halogens is 4. The summed E-state index contributed by atoms with van der Waals surface area (Å²) in [6.07, 6.45) is -2.74. The second-order valence-corrected chi connectivity index (χ2v) is 2.99. The van der Waals surface area contributed by atoms with Crippen molar-refractivity contribution in [3.63, 3.8) is 0 Å². The number of nitrogens with zero attached hydrogens (tertiary/aromatic N) is 1. The highest BCUT2D eigenvalue weighted by Gasteiger charge is 2.17. The van der Waals surface area contributed by atoms with Crippen LogP contribution < -0.4 is 5.73 Å². The Labute approximate surface area is 83.7 Å². The first kappa shape index (κ1) is 10.5. The molecule has 0 bridgehead atoms. The molecule has 1 aromatic heterocycles. The molecule has 0 aliphatic heterocycles. The Hall–Kier alpha value is -0.610. The normalized spacial score (nSPS) is 10.8. The molecule has 2 N–H and O–H groups in total. The zero-order valence-electron chi connectivity index (χ0n) is 6.40. The lowest BCUT2D eigenvalue weighted by molar-refractivity contribution is 0.146. The number of aromatic nitrogens is 1. The molecule has 0 saturated carbocycles. The van der Waals surface area contributed by atoms with Crippen LogP contribution in [0.3, 0.4) is 0 Å². The highest BCUT2D eigenvalue weighted by molar-refractivity contribution is 6.33. The lowest BCUT2D eigenvalue weighted by atomic mass is 10.2. The maximum Gasteiger partial charge on any atom is 0.281 e. The van der Waals surface area contributed by atoms with Crippen molar-refractivity contribution in [1.29, 1.82) is 0 Å². The van der Waals surface area contributed by atoms with Gasteiger partial charge in [-0.05, 0) is 11.6 Å². The topological polar surface area (TPSA) is 38.9 Å². The van der Waals surface area contributed by atoms with Crippen LogP contribution in [0.4, 0.5) is 14.6 Å². The van der Waals surface area contributed by atoms with Crippen LogP contribution in [0.5, 0.6) is 0 Å². The number of anilines is 1. The molecule has 0 amide bonds. The van der Waals surface area contributed by atoms with Gasteiger partial charge in [-0.3, -0.25) is 0 Å². The fourth-order valence-electron chi connectivity index (χ4n) is 0.869. The van der Waals surface area contributed by atoms with Crippen molar-refractivity contribution < 1.29 is 8.78 Å². The summed E-state index contributed by atoms with van der Waals surface area (Å²) in [6.45, 7) is 0. The van der Waals surface area contributed by atoms with Crippen LogP contribution in [-0.2, 0) is 5.88 Å². The summed E-state index contributed by atoms with van der Waals surface area (Å²) >= 11 is 11.1. The number of alkyl halides is 3. The molecular weight excluding hydrogens is 221 g/mol. The van der Waals surface area contributed by atoms with Gasteiger partial charge < -0.3 is 5.73 Å². The van der Waals surface area contributed by atoms with Crippen molar-refractivity contribution in [2.75, 3.05) is 5.73 Å². The third-order valence-electron chi connectivity index (χ3n) is 1.43. The summed E-state index contributed by atoms with van der Waals surface area (Å²) in [7, 11) is 0. The van der Waals surface area contributed by atoms with Crippen molar-refractivity contribution in [2.24, 2.45) is 0 Å². The fourth-order valence-corrected chi connectivity index (χ4v) is 1.39. The Kier molecular flexibility index (Phi) is 3.27. The van der Waals surface area contributed by atoms with Gasteiger partial charge in [-0.1, -0.05) is 11.6 Å². The van der Waals surface area contributed by atoms with Gasteiger partial charge in [0.05, 0.1) is 5.02 Å². The molecule has 0 atom stereocenters. The average molecular weight is 227 g/mol. The van der Waals surface area contributed by atoms with Gasteiger partial charge in [-0.25, -0.2) is 13.8 Å². The fraction of sp³-hybridized carbons (Fsp3) is 0.286. The highest BCUT2D eigenvalue weighted by Crippen LogP contribution is 2.30. The van der Waals surface area contributed by atoms with Crippen LogP contribution in [0, 0.1) is 0 Å². The Morgan fingerprint density at radius 2 is 2.15 bits per heavy atom. The molecule has 13 heavy (non-hydrogen) atoms. The summed E-state index contributed by atoms with van der Waals surface area (Å²) in [5.74, 6) is 0.0287. The molecule has 72 valence electrons. The van der Waals surface area contributed by atoms with Gasteiger partial charge in [0.2, 0.25) is 0 Å². The van der Waals surface area contributed by atoms with E-state index in [0.717, 1.165) is 0 Å². The van der Waals surface area contributed by atoms with E-state index in [9.17, 15) is 8.78 Å². The van der Waals surface area contributed by atoms with Gasteiger partial charge in [0, 0.05) is 5.88 Å². The second kappa shape index (κ2) is 4.07. The zero-order chi connectivity index (χ0) is 10.0. The zero-order valence-corrected chi connectivity index (χ0v) is 7.91. The molecule has 0 unspecified atom stereocenters. The van der Waals surface area contributed by atoms with Crippen LogP contribution in [0.1, 0.15) is 17.7 Å². The van der Waals surface area contributed by atoms with Gasteiger partial charge in [0.1, 0.15) is 11.5 Å². The third-order valence-corrected chi connectivity index (χ3v) is 2.15. The van der Waals surface area contributed by atoms with Crippen molar-refractivity contribution >= 4 is 29.0 Å². The van der Waals surface area contributed by atoms with Gasteiger partial charge in [-0.15, -0.1) is 11.6 Å². The van der Waals surface area contributed by atoms with Crippen molar-refractivity contribution in [3.8, 4) is 0 Å². The largest absolute Gasteiger partial charge is 0.384 e. The van der Waals surface area contributed by atoms with Crippen LogP contribution in [-0.4, -0.2) is 4.98 Å². The summed E-state index contributed by atoms with van der Waals surface area (Å²) < 4.78 is 24.6. The van der Waals surface area contributed by atoms with E-state index in [-0.39, 0.29) is 16.7 Å². The van der Waals surface area contributed by atoms with Gasteiger partial charge in [0.25, 0.3) is 6.43 Å². The molecule has 0 aromatic carbocycles. The number of hydrogen-bond donors (Lipinski definition) is 1. The molecule has 0 radical (unpaired) electrons. The van der Waals surface area contributed by atoms with Crippen LogP contribution in [0.15, 0.2) is 6.07 Å². The maximum atomic E-state index is 12.3. The molecule has 0 aliphatic carbocycles. The van der Waals surface area contributed by atoms with E-state index >= 15 is 0 Å². The summed E-state index contributed by atoms with van der Waals surface area (Å²) in [5, 5.41) is -0.112. The van der Waals surface area contributed by atoms with E-state index in [1.807, 2.05) is 0 Å². The molecular formula is C7H6Cl2F2N2. The van der Waals surface area contributed by atoms with Crippen molar-refractivity contribution in [2.45, 2.75) is 12.3 Å². The monoisotopic (exact) mass is 226 g/mol. The number of nitrogen functional groups attached to an aromatic ring is 1. The average Bonchev–Trinajstić information content (AvgIpc) is 2.08. The SMILES string of the molecule is Nc1cc(CCl)c(Cl)c(C(F)F)n1. The molecule has 1 heterocycles.